The topological polar surface area (TPSA) is 3.24 Å². The van der Waals surface area contributed by atoms with Gasteiger partial charge in [0, 0.05) is 19.0 Å². The lowest BCUT2D eigenvalue weighted by Crippen LogP contribution is -2.39. The van der Waals surface area contributed by atoms with Crippen molar-refractivity contribution in [1.82, 2.24) is 0 Å². The highest BCUT2D eigenvalue weighted by Crippen LogP contribution is 2.37. The molecule has 1 heterocycles. The fraction of sp³-hybridized carbons (Fsp3) is 0.600. The van der Waals surface area contributed by atoms with E-state index in [2.05, 4.69) is 13.8 Å². The van der Waals surface area contributed by atoms with Crippen molar-refractivity contribution in [3.05, 3.63) is 29.3 Å². The quantitative estimate of drug-likeness (QED) is 0.727. The Balaban J connectivity index is 2.20. The van der Waals surface area contributed by atoms with Crippen LogP contribution < -0.4 is 4.90 Å². The Labute approximate surface area is 118 Å². The maximum absolute atomic E-state index is 14.0. The van der Waals surface area contributed by atoms with Crippen molar-refractivity contribution in [2.45, 2.75) is 39.0 Å². The first-order valence-electron chi connectivity index (χ1n) is 6.78. The molecule has 0 radical (unpaired) electrons. The molecule has 1 aliphatic rings. The molecule has 0 saturated carbocycles. The van der Waals surface area contributed by atoms with Gasteiger partial charge in [-0.3, -0.25) is 0 Å². The first-order chi connectivity index (χ1) is 8.99. The minimum Gasteiger partial charge on any atom is -0.367 e. The standard InChI is InChI=1S/C15H20ClF2N/c1-3-15(2)4-6-19(7-5-15)14-12(17)8-11(10-16)9-13(14)18/h8-9H,3-7,10H2,1-2H3. The van der Waals surface area contributed by atoms with Gasteiger partial charge in [-0.05, 0) is 36.0 Å². The summed E-state index contributed by atoms with van der Waals surface area (Å²) >= 11 is 5.62. The normalized spacial score (nSPS) is 18.7. The summed E-state index contributed by atoms with van der Waals surface area (Å²) in [4.78, 5) is 1.82. The van der Waals surface area contributed by atoms with Gasteiger partial charge < -0.3 is 4.90 Å². The number of alkyl halides is 1. The second kappa shape index (κ2) is 5.66. The number of benzene rings is 1. The van der Waals surface area contributed by atoms with Gasteiger partial charge in [0.2, 0.25) is 0 Å². The summed E-state index contributed by atoms with van der Waals surface area (Å²) in [6.45, 7) is 5.83. The number of rotatable bonds is 3. The third-order valence-corrected chi connectivity index (χ3v) is 4.68. The smallest absolute Gasteiger partial charge is 0.149 e. The highest BCUT2D eigenvalue weighted by atomic mass is 35.5. The van der Waals surface area contributed by atoms with E-state index in [0.29, 0.717) is 24.1 Å². The highest BCUT2D eigenvalue weighted by Gasteiger charge is 2.30. The number of anilines is 1. The number of halogens is 3. The molecular weight excluding hydrogens is 268 g/mol. The van der Waals surface area contributed by atoms with Gasteiger partial charge in [-0.2, -0.15) is 0 Å². The van der Waals surface area contributed by atoms with Crippen molar-refractivity contribution in [3.8, 4) is 0 Å². The first kappa shape index (κ1) is 14.6. The van der Waals surface area contributed by atoms with Crippen LogP contribution in [-0.2, 0) is 5.88 Å². The van der Waals surface area contributed by atoms with Gasteiger partial charge in [0.15, 0.2) is 0 Å². The van der Waals surface area contributed by atoms with Crippen molar-refractivity contribution in [1.29, 1.82) is 0 Å². The summed E-state index contributed by atoms with van der Waals surface area (Å²) in [7, 11) is 0. The molecule has 0 aromatic heterocycles. The molecule has 0 aliphatic carbocycles. The van der Waals surface area contributed by atoms with Crippen LogP contribution >= 0.6 is 11.6 Å². The molecule has 1 saturated heterocycles. The molecule has 1 aromatic carbocycles. The van der Waals surface area contributed by atoms with Crippen LogP contribution in [-0.4, -0.2) is 13.1 Å². The maximum atomic E-state index is 14.0. The zero-order valence-corrected chi connectivity index (χ0v) is 12.2. The lowest BCUT2D eigenvalue weighted by molar-refractivity contribution is 0.237. The highest BCUT2D eigenvalue weighted by molar-refractivity contribution is 6.17. The summed E-state index contributed by atoms with van der Waals surface area (Å²) in [6.07, 6.45) is 3.05. The molecule has 19 heavy (non-hydrogen) atoms. The van der Waals surface area contributed by atoms with E-state index in [9.17, 15) is 8.78 Å². The van der Waals surface area contributed by atoms with Gasteiger partial charge in [0.25, 0.3) is 0 Å². The number of nitrogens with zero attached hydrogens (tertiary/aromatic N) is 1. The van der Waals surface area contributed by atoms with E-state index in [-0.39, 0.29) is 11.6 Å². The predicted octanol–water partition coefficient (Wildman–Crippen LogP) is 4.72. The molecule has 4 heteroatoms. The molecule has 0 atom stereocenters. The van der Waals surface area contributed by atoms with E-state index in [0.717, 1.165) is 19.3 Å². The summed E-state index contributed by atoms with van der Waals surface area (Å²) in [5.74, 6) is -0.881. The van der Waals surface area contributed by atoms with E-state index in [1.54, 1.807) is 0 Å². The van der Waals surface area contributed by atoms with Crippen molar-refractivity contribution in [2.75, 3.05) is 18.0 Å². The first-order valence-corrected chi connectivity index (χ1v) is 7.31. The monoisotopic (exact) mass is 287 g/mol. The molecule has 1 nitrogen and oxygen atoms in total. The van der Waals surface area contributed by atoms with Gasteiger partial charge in [-0.15, -0.1) is 11.6 Å². The number of hydrogen-bond acceptors (Lipinski definition) is 1. The molecule has 0 bridgehead atoms. The lowest BCUT2D eigenvalue weighted by Gasteiger charge is -2.40. The Morgan fingerprint density at radius 2 is 1.74 bits per heavy atom. The van der Waals surface area contributed by atoms with Gasteiger partial charge >= 0.3 is 0 Å². The molecule has 1 fully saturated rings. The Morgan fingerprint density at radius 1 is 1.21 bits per heavy atom. The second-order valence-electron chi connectivity index (χ2n) is 5.69. The van der Waals surface area contributed by atoms with Crippen LogP contribution in [0.25, 0.3) is 0 Å². The summed E-state index contributed by atoms with van der Waals surface area (Å²) in [6, 6.07) is 2.66. The third-order valence-electron chi connectivity index (χ3n) is 4.37. The van der Waals surface area contributed by atoms with Crippen LogP contribution in [0.3, 0.4) is 0 Å². The third kappa shape index (κ3) is 3.02. The molecule has 0 spiro atoms. The van der Waals surface area contributed by atoms with Crippen LogP contribution in [0.15, 0.2) is 12.1 Å². The van der Waals surface area contributed by atoms with Crippen LogP contribution in [0, 0.1) is 17.0 Å². The van der Waals surface area contributed by atoms with Gasteiger partial charge in [-0.1, -0.05) is 20.3 Å². The summed E-state index contributed by atoms with van der Waals surface area (Å²) in [5, 5.41) is 0. The second-order valence-corrected chi connectivity index (χ2v) is 5.96. The predicted molar refractivity (Wildman–Crippen MR) is 75.8 cm³/mol. The molecule has 0 N–H and O–H groups in total. The van der Waals surface area contributed by atoms with E-state index < -0.39 is 11.6 Å². The average molecular weight is 288 g/mol. The molecule has 2 rings (SSSR count). The van der Waals surface area contributed by atoms with Crippen molar-refractivity contribution >= 4 is 17.3 Å². The van der Waals surface area contributed by atoms with Crippen LogP contribution in [0.4, 0.5) is 14.5 Å². The zero-order chi connectivity index (χ0) is 14.0. The van der Waals surface area contributed by atoms with E-state index in [1.165, 1.54) is 12.1 Å². The van der Waals surface area contributed by atoms with Gasteiger partial charge in [0.05, 0.1) is 0 Å². The van der Waals surface area contributed by atoms with Crippen molar-refractivity contribution < 1.29 is 8.78 Å². The number of piperidine rings is 1. The lowest BCUT2D eigenvalue weighted by atomic mass is 9.78. The van der Waals surface area contributed by atoms with E-state index in [4.69, 9.17) is 11.6 Å². The molecular formula is C15H20ClF2N. The maximum Gasteiger partial charge on any atom is 0.149 e. The molecule has 1 aromatic rings. The minimum atomic E-state index is -0.504. The fourth-order valence-corrected chi connectivity index (χ4v) is 2.78. The SMILES string of the molecule is CCC1(C)CCN(c2c(F)cc(CCl)cc2F)CC1. The number of hydrogen-bond donors (Lipinski definition) is 0. The molecule has 0 unspecified atom stereocenters. The van der Waals surface area contributed by atoms with Crippen LogP contribution in [0.1, 0.15) is 38.7 Å². The van der Waals surface area contributed by atoms with E-state index >= 15 is 0 Å². The Hall–Kier alpha value is -0.830. The van der Waals surface area contributed by atoms with Crippen LogP contribution in [0.5, 0.6) is 0 Å². The van der Waals surface area contributed by atoms with Crippen LogP contribution in [0.2, 0.25) is 0 Å². The average Bonchev–Trinajstić information content (AvgIpc) is 2.40. The minimum absolute atomic E-state index is 0.104. The molecule has 0 amide bonds. The summed E-state index contributed by atoms with van der Waals surface area (Å²) in [5.41, 5.74) is 0.891. The zero-order valence-electron chi connectivity index (χ0n) is 11.5. The Morgan fingerprint density at radius 3 is 2.16 bits per heavy atom. The van der Waals surface area contributed by atoms with Crippen molar-refractivity contribution in [2.24, 2.45) is 5.41 Å². The van der Waals surface area contributed by atoms with Crippen molar-refractivity contribution in [3.63, 3.8) is 0 Å². The molecule has 1 aliphatic heterocycles. The molecule has 106 valence electrons. The van der Waals surface area contributed by atoms with Gasteiger partial charge in [-0.25, -0.2) is 8.78 Å². The Bertz CT molecular complexity index is 430. The largest absolute Gasteiger partial charge is 0.367 e. The Kier molecular flexibility index (Phi) is 4.34. The van der Waals surface area contributed by atoms with Gasteiger partial charge in [0.1, 0.15) is 17.3 Å². The summed E-state index contributed by atoms with van der Waals surface area (Å²) < 4.78 is 28.0. The van der Waals surface area contributed by atoms with E-state index in [1.807, 2.05) is 4.90 Å². The fourth-order valence-electron chi connectivity index (χ4n) is 2.62.